The molecule has 0 aliphatic heterocycles. The average Bonchev–Trinajstić information content (AvgIpc) is 3.19. The Morgan fingerprint density at radius 2 is 2.00 bits per heavy atom. The molecule has 1 aromatic heterocycles. The van der Waals surface area contributed by atoms with Crippen molar-refractivity contribution in [2.45, 2.75) is 26.2 Å². The molecule has 0 saturated carbocycles. The van der Waals surface area contributed by atoms with E-state index in [-0.39, 0.29) is 5.91 Å². The van der Waals surface area contributed by atoms with E-state index in [1.807, 2.05) is 25.1 Å². The maximum Gasteiger partial charge on any atom is 0.240 e. The predicted octanol–water partition coefficient (Wildman–Crippen LogP) is 6.04. The second-order valence-corrected chi connectivity index (χ2v) is 7.61. The Morgan fingerprint density at radius 3 is 2.77 bits per heavy atom. The molecule has 0 aliphatic rings. The number of furan rings is 1. The Bertz CT molecular complexity index is 1060. The molecule has 1 N–H and O–H groups in total. The summed E-state index contributed by atoms with van der Waals surface area (Å²) in [5, 5.41) is 5.07. The third kappa shape index (κ3) is 5.88. The van der Waals surface area contributed by atoms with Crippen LogP contribution < -0.4 is 10.2 Å². The lowest BCUT2D eigenvalue weighted by molar-refractivity contribution is -0.121. The number of aryl methyl sites for hydroxylation is 2. The van der Waals surface area contributed by atoms with E-state index in [9.17, 15) is 4.79 Å². The van der Waals surface area contributed by atoms with E-state index in [1.165, 1.54) is 11.8 Å². The topological polar surface area (TPSA) is 63.8 Å². The maximum absolute atomic E-state index is 12.0. The van der Waals surface area contributed by atoms with Gasteiger partial charge in [0.2, 0.25) is 5.91 Å². The van der Waals surface area contributed by atoms with Crippen molar-refractivity contribution in [2.75, 3.05) is 7.11 Å². The predicted molar refractivity (Wildman–Crippen MR) is 121 cm³/mol. The summed E-state index contributed by atoms with van der Waals surface area (Å²) in [6, 6.07) is 14.6. The normalized spacial score (nSPS) is 11.1. The van der Waals surface area contributed by atoms with Crippen molar-refractivity contribution in [1.82, 2.24) is 5.43 Å². The highest BCUT2D eigenvalue weighted by atomic mass is 35.5. The number of nitrogens with one attached hydrogen (secondary N) is 1. The quantitative estimate of drug-likeness (QED) is 0.340. The number of methoxy groups -OCH3 is 1. The number of hydrogen-bond acceptors (Lipinski definition) is 4. The monoisotopic (exact) mass is 444 g/mol. The molecule has 0 radical (unpaired) electrons. The van der Waals surface area contributed by atoms with Crippen molar-refractivity contribution < 1.29 is 13.9 Å². The number of hydrogen-bond donors (Lipinski definition) is 1. The first kappa shape index (κ1) is 21.9. The summed E-state index contributed by atoms with van der Waals surface area (Å²) in [6.07, 6.45) is 3.37. The summed E-state index contributed by atoms with van der Waals surface area (Å²) in [4.78, 5) is 12.0. The number of halogens is 2. The molecule has 5 nitrogen and oxygen atoms in total. The highest BCUT2D eigenvalue weighted by Crippen LogP contribution is 2.31. The average molecular weight is 445 g/mol. The van der Waals surface area contributed by atoms with Crippen LogP contribution in [0.15, 0.2) is 58.0 Å². The van der Waals surface area contributed by atoms with E-state index in [4.69, 9.17) is 32.4 Å². The number of benzene rings is 2. The van der Waals surface area contributed by atoms with Gasteiger partial charge in [-0.15, -0.1) is 0 Å². The van der Waals surface area contributed by atoms with Crippen molar-refractivity contribution in [3.8, 4) is 17.1 Å². The minimum absolute atomic E-state index is 0.151. The number of carbonyl (C=O) groups excluding carboxylic acids is 1. The third-order valence-corrected chi connectivity index (χ3v) is 5.17. The fourth-order valence-corrected chi connectivity index (χ4v) is 3.38. The van der Waals surface area contributed by atoms with E-state index in [0.717, 1.165) is 24.2 Å². The summed E-state index contributed by atoms with van der Waals surface area (Å²) in [7, 11) is 1.65. The molecule has 0 spiro atoms. The van der Waals surface area contributed by atoms with Gasteiger partial charge < -0.3 is 9.15 Å². The van der Waals surface area contributed by atoms with Gasteiger partial charge in [-0.05, 0) is 73.4 Å². The molecule has 3 rings (SSSR count). The molecular formula is C23H22Cl2N2O3. The SMILES string of the molecule is COc1ccc(CCCC(=O)N/N=C\c2ccc(-c3cc(Cl)ccc3Cl)o2)c(C)c1. The van der Waals surface area contributed by atoms with Gasteiger partial charge in [0.1, 0.15) is 17.3 Å². The fraction of sp³-hybridized carbons (Fsp3) is 0.217. The first-order valence-electron chi connectivity index (χ1n) is 9.47. The Balaban J connectivity index is 1.48. The number of ether oxygens (including phenoxy) is 1. The molecular weight excluding hydrogens is 423 g/mol. The molecule has 0 unspecified atom stereocenters. The zero-order valence-corrected chi connectivity index (χ0v) is 18.3. The van der Waals surface area contributed by atoms with Gasteiger partial charge in [-0.25, -0.2) is 5.43 Å². The molecule has 156 valence electrons. The molecule has 0 atom stereocenters. The van der Waals surface area contributed by atoms with E-state index < -0.39 is 0 Å². The summed E-state index contributed by atoms with van der Waals surface area (Å²) < 4.78 is 10.9. The number of rotatable bonds is 8. The Hall–Kier alpha value is -2.76. The van der Waals surface area contributed by atoms with Crippen LogP contribution in [-0.2, 0) is 11.2 Å². The van der Waals surface area contributed by atoms with Gasteiger partial charge in [0.05, 0.1) is 18.3 Å². The molecule has 30 heavy (non-hydrogen) atoms. The van der Waals surface area contributed by atoms with Crippen LogP contribution in [0.25, 0.3) is 11.3 Å². The molecule has 2 aromatic carbocycles. The lowest BCUT2D eigenvalue weighted by atomic mass is 10.0. The van der Waals surface area contributed by atoms with E-state index >= 15 is 0 Å². The Morgan fingerprint density at radius 1 is 1.17 bits per heavy atom. The van der Waals surface area contributed by atoms with Crippen molar-refractivity contribution in [3.05, 3.63) is 75.5 Å². The van der Waals surface area contributed by atoms with Crippen molar-refractivity contribution in [3.63, 3.8) is 0 Å². The highest BCUT2D eigenvalue weighted by Gasteiger charge is 2.09. The van der Waals surface area contributed by atoms with E-state index in [1.54, 1.807) is 37.4 Å². The molecule has 0 bridgehead atoms. The minimum atomic E-state index is -0.151. The molecule has 0 fully saturated rings. The molecule has 7 heteroatoms. The Labute approximate surface area is 185 Å². The van der Waals surface area contributed by atoms with Gasteiger partial charge in [-0.3, -0.25) is 4.79 Å². The van der Waals surface area contributed by atoms with Gasteiger partial charge in [0.25, 0.3) is 0 Å². The van der Waals surface area contributed by atoms with Gasteiger partial charge in [-0.1, -0.05) is 29.3 Å². The first-order chi connectivity index (χ1) is 14.5. The van der Waals surface area contributed by atoms with Gasteiger partial charge in [0.15, 0.2) is 0 Å². The minimum Gasteiger partial charge on any atom is -0.497 e. The second kappa shape index (κ2) is 10.3. The van der Waals surface area contributed by atoms with Gasteiger partial charge >= 0.3 is 0 Å². The zero-order chi connectivity index (χ0) is 21.5. The van der Waals surface area contributed by atoms with Crippen molar-refractivity contribution in [2.24, 2.45) is 5.10 Å². The van der Waals surface area contributed by atoms with Crippen molar-refractivity contribution >= 4 is 35.3 Å². The Kier molecular flexibility index (Phi) is 7.55. The smallest absolute Gasteiger partial charge is 0.240 e. The first-order valence-corrected chi connectivity index (χ1v) is 10.2. The van der Waals surface area contributed by atoms with Gasteiger partial charge in [-0.2, -0.15) is 5.10 Å². The zero-order valence-electron chi connectivity index (χ0n) is 16.7. The lowest BCUT2D eigenvalue weighted by Gasteiger charge is -2.07. The summed E-state index contributed by atoms with van der Waals surface area (Å²) >= 11 is 12.2. The maximum atomic E-state index is 12.0. The second-order valence-electron chi connectivity index (χ2n) is 6.77. The number of carbonyl (C=O) groups is 1. The number of nitrogens with zero attached hydrogens (tertiary/aromatic N) is 1. The third-order valence-electron chi connectivity index (χ3n) is 4.60. The summed E-state index contributed by atoms with van der Waals surface area (Å²) in [5.74, 6) is 1.75. The van der Waals surface area contributed by atoms with E-state index in [0.29, 0.717) is 33.6 Å². The van der Waals surface area contributed by atoms with Crippen LogP contribution in [0.2, 0.25) is 10.0 Å². The fourth-order valence-electron chi connectivity index (χ4n) is 2.99. The van der Waals surface area contributed by atoms with Crippen LogP contribution in [-0.4, -0.2) is 19.2 Å². The van der Waals surface area contributed by atoms with Crippen molar-refractivity contribution in [1.29, 1.82) is 0 Å². The van der Waals surface area contributed by atoms with Crippen LogP contribution in [0.3, 0.4) is 0 Å². The van der Waals surface area contributed by atoms with Crippen LogP contribution in [0.4, 0.5) is 0 Å². The molecule has 0 aliphatic carbocycles. The standard InChI is InChI=1S/C23H22Cl2N2O3/c1-15-12-18(29-2)8-6-16(15)4-3-5-23(28)27-26-14-19-9-11-22(30-19)20-13-17(24)7-10-21(20)25/h6-14H,3-5H2,1-2H3,(H,27,28)/b26-14-. The number of hydrazone groups is 1. The van der Waals surface area contributed by atoms with Crippen LogP contribution in [0.5, 0.6) is 5.75 Å². The summed E-state index contributed by atoms with van der Waals surface area (Å²) in [5.41, 5.74) is 5.58. The van der Waals surface area contributed by atoms with Crippen LogP contribution in [0.1, 0.15) is 29.7 Å². The lowest BCUT2D eigenvalue weighted by Crippen LogP contribution is -2.17. The largest absolute Gasteiger partial charge is 0.497 e. The van der Waals surface area contributed by atoms with E-state index in [2.05, 4.69) is 10.5 Å². The van der Waals surface area contributed by atoms with Crippen LogP contribution in [0, 0.1) is 6.92 Å². The molecule has 0 saturated heterocycles. The summed E-state index contributed by atoms with van der Waals surface area (Å²) in [6.45, 7) is 2.04. The van der Waals surface area contributed by atoms with Gasteiger partial charge in [0, 0.05) is 17.0 Å². The molecule has 3 aromatic rings. The number of amides is 1. The molecule has 1 amide bonds. The van der Waals surface area contributed by atoms with Crippen LogP contribution >= 0.6 is 23.2 Å². The molecule has 1 heterocycles. The highest BCUT2D eigenvalue weighted by molar-refractivity contribution is 6.35.